The van der Waals surface area contributed by atoms with E-state index in [9.17, 15) is 4.79 Å². The summed E-state index contributed by atoms with van der Waals surface area (Å²) in [5, 5.41) is 4.50. The summed E-state index contributed by atoms with van der Waals surface area (Å²) in [6.07, 6.45) is 0.907. The number of amides is 1. The van der Waals surface area contributed by atoms with Gasteiger partial charge in [-0.1, -0.05) is 41.4 Å². The number of halogens is 2. The largest absolute Gasteiger partial charge is 0.484 e. The minimum atomic E-state index is -0.102. The van der Waals surface area contributed by atoms with Gasteiger partial charge in [-0.05, 0) is 36.6 Å². The number of carbonyl (C=O) groups is 1. The molecule has 0 radical (unpaired) electrons. The molecule has 106 valence electrons. The lowest BCUT2D eigenvalue weighted by molar-refractivity contribution is -0.124. The maximum absolute atomic E-state index is 11.8. The van der Waals surface area contributed by atoms with Gasteiger partial charge in [-0.2, -0.15) is 0 Å². The van der Waals surface area contributed by atoms with Gasteiger partial charge in [0.25, 0.3) is 5.91 Å². The van der Waals surface area contributed by atoms with Gasteiger partial charge in [-0.15, -0.1) is 0 Å². The Hall–Kier alpha value is -0.740. The molecule has 1 amide bonds. The topological polar surface area (TPSA) is 38.3 Å². The Kier molecular flexibility index (Phi) is 7.24. The first kappa shape index (κ1) is 16.3. The zero-order valence-electron chi connectivity index (χ0n) is 11.2. The Morgan fingerprint density at radius 2 is 2.00 bits per heavy atom. The fourth-order valence-corrected chi connectivity index (χ4v) is 2.24. The van der Waals surface area contributed by atoms with Crippen molar-refractivity contribution >= 4 is 33.4 Å². The van der Waals surface area contributed by atoms with Gasteiger partial charge in [0.05, 0.1) is 0 Å². The van der Waals surface area contributed by atoms with Crippen molar-refractivity contribution in [3.05, 3.63) is 29.3 Å². The smallest absolute Gasteiger partial charge is 0.258 e. The monoisotopic (exact) mass is 347 g/mol. The zero-order chi connectivity index (χ0) is 14.3. The van der Waals surface area contributed by atoms with E-state index in [1.54, 1.807) is 24.3 Å². The van der Waals surface area contributed by atoms with E-state index in [1.807, 2.05) is 0 Å². The second-order valence-corrected chi connectivity index (χ2v) is 5.87. The summed E-state index contributed by atoms with van der Waals surface area (Å²) in [7, 11) is 0. The first-order valence-corrected chi connectivity index (χ1v) is 7.76. The van der Waals surface area contributed by atoms with Gasteiger partial charge in [0.1, 0.15) is 5.75 Å². The molecule has 1 unspecified atom stereocenters. The number of hydrogen-bond donors (Lipinski definition) is 1. The number of ether oxygens (including phenoxy) is 1. The molecule has 0 fully saturated rings. The predicted molar refractivity (Wildman–Crippen MR) is 82.1 cm³/mol. The normalized spacial score (nSPS) is 12.3. The Morgan fingerprint density at radius 1 is 1.37 bits per heavy atom. The van der Waals surface area contributed by atoms with Gasteiger partial charge in [-0.3, -0.25) is 4.79 Å². The standard InChI is InChI=1S/C14H19BrClNO2/c1-10(2)13(7-8-15)17-14(18)9-19-12-5-3-11(16)4-6-12/h3-6,10,13H,7-9H2,1-2H3,(H,17,18). The van der Waals surface area contributed by atoms with E-state index < -0.39 is 0 Å². The first-order chi connectivity index (χ1) is 9.02. The predicted octanol–water partition coefficient (Wildman–Crippen LogP) is 3.64. The maximum Gasteiger partial charge on any atom is 0.258 e. The van der Waals surface area contributed by atoms with Gasteiger partial charge in [0.2, 0.25) is 0 Å². The number of nitrogens with one attached hydrogen (secondary N) is 1. The quantitative estimate of drug-likeness (QED) is 0.764. The molecule has 1 atom stereocenters. The van der Waals surface area contributed by atoms with Crippen LogP contribution in [0.1, 0.15) is 20.3 Å². The molecule has 5 heteroatoms. The fourth-order valence-electron chi connectivity index (χ4n) is 1.62. The molecule has 3 nitrogen and oxygen atoms in total. The molecular formula is C14H19BrClNO2. The van der Waals surface area contributed by atoms with Crippen LogP contribution in [0.15, 0.2) is 24.3 Å². The third-order valence-corrected chi connectivity index (χ3v) is 3.46. The second-order valence-electron chi connectivity index (χ2n) is 4.64. The van der Waals surface area contributed by atoms with Gasteiger partial charge in [-0.25, -0.2) is 0 Å². The van der Waals surface area contributed by atoms with Gasteiger partial charge < -0.3 is 10.1 Å². The van der Waals surface area contributed by atoms with Crippen LogP contribution >= 0.6 is 27.5 Å². The van der Waals surface area contributed by atoms with Gasteiger partial charge >= 0.3 is 0 Å². The van der Waals surface area contributed by atoms with Crippen molar-refractivity contribution in [3.63, 3.8) is 0 Å². The highest BCUT2D eigenvalue weighted by molar-refractivity contribution is 9.09. The lowest BCUT2D eigenvalue weighted by atomic mass is 10.0. The number of alkyl halides is 1. The van der Waals surface area contributed by atoms with Crippen LogP contribution in [0, 0.1) is 5.92 Å². The number of rotatable bonds is 7. The third kappa shape index (κ3) is 6.30. The molecule has 0 bridgehead atoms. The highest BCUT2D eigenvalue weighted by atomic mass is 79.9. The average molecular weight is 349 g/mol. The molecule has 0 saturated heterocycles. The molecule has 1 N–H and O–H groups in total. The summed E-state index contributed by atoms with van der Waals surface area (Å²) < 4.78 is 5.40. The van der Waals surface area contributed by atoms with E-state index >= 15 is 0 Å². The van der Waals surface area contributed by atoms with Crippen molar-refractivity contribution in [3.8, 4) is 5.75 Å². The van der Waals surface area contributed by atoms with Crippen LogP contribution in [0.3, 0.4) is 0 Å². The molecule has 0 spiro atoms. The minimum absolute atomic E-state index is 0.0210. The van der Waals surface area contributed by atoms with Crippen LogP contribution in [-0.4, -0.2) is 23.9 Å². The van der Waals surface area contributed by atoms with Crippen molar-refractivity contribution in [2.24, 2.45) is 5.92 Å². The highest BCUT2D eigenvalue weighted by Crippen LogP contribution is 2.15. The van der Waals surface area contributed by atoms with E-state index in [2.05, 4.69) is 35.1 Å². The van der Waals surface area contributed by atoms with E-state index in [0.717, 1.165) is 11.8 Å². The van der Waals surface area contributed by atoms with E-state index in [4.69, 9.17) is 16.3 Å². The summed E-state index contributed by atoms with van der Waals surface area (Å²) in [4.78, 5) is 11.8. The van der Waals surface area contributed by atoms with Crippen LogP contribution in [0.25, 0.3) is 0 Å². The molecule has 1 aromatic rings. The lowest BCUT2D eigenvalue weighted by Crippen LogP contribution is -2.41. The van der Waals surface area contributed by atoms with Crippen molar-refractivity contribution in [1.82, 2.24) is 5.32 Å². The summed E-state index contributed by atoms with van der Waals surface area (Å²) in [6, 6.07) is 7.12. The van der Waals surface area contributed by atoms with Crippen molar-refractivity contribution in [1.29, 1.82) is 0 Å². The molecule has 0 heterocycles. The van der Waals surface area contributed by atoms with E-state index in [1.165, 1.54) is 0 Å². The Labute approximate surface area is 127 Å². The summed E-state index contributed by atoms with van der Waals surface area (Å²) >= 11 is 9.17. The Bertz CT molecular complexity index is 395. The minimum Gasteiger partial charge on any atom is -0.484 e. The van der Waals surface area contributed by atoms with Crippen LogP contribution in [-0.2, 0) is 4.79 Å². The first-order valence-electron chi connectivity index (χ1n) is 6.26. The molecule has 0 aromatic heterocycles. The SMILES string of the molecule is CC(C)C(CCBr)NC(=O)COc1ccc(Cl)cc1. The summed E-state index contributed by atoms with van der Waals surface area (Å²) in [6.45, 7) is 4.20. The van der Waals surface area contributed by atoms with Crippen molar-refractivity contribution in [2.45, 2.75) is 26.3 Å². The molecule has 19 heavy (non-hydrogen) atoms. The third-order valence-electron chi connectivity index (χ3n) is 2.75. The van der Waals surface area contributed by atoms with Crippen molar-refractivity contribution in [2.75, 3.05) is 11.9 Å². The van der Waals surface area contributed by atoms with Gasteiger partial charge in [0, 0.05) is 16.4 Å². The molecule has 0 aliphatic heterocycles. The second kappa shape index (κ2) is 8.43. The van der Waals surface area contributed by atoms with Gasteiger partial charge in [0.15, 0.2) is 6.61 Å². The number of benzene rings is 1. The molecule has 0 saturated carbocycles. The summed E-state index contributed by atoms with van der Waals surface area (Å²) in [5.41, 5.74) is 0. The number of carbonyl (C=O) groups excluding carboxylic acids is 1. The lowest BCUT2D eigenvalue weighted by Gasteiger charge is -2.21. The van der Waals surface area contributed by atoms with Crippen LogP contribution in [0.2, 0.25) is 5.02 Å². The van der Waals surface area contributed by atoms with Crippen LogP contribution < -0.4 is 10.1 Å². The molecule has 1 aromatic carbocycles. The van der Waals surface area contributed by atoms with E-state index in [-0.39, 0.29) is 18.6 Å². The highest BCUT2D eigenvalue weighted by Gasteiger charge is 2.15. The molecule has 0 aliphatic carbocycles. The summed E-state index contributed by atoms with van der Waals surface area (Å²) in [5.74, 6) is 0.938. The average Bonchev–Trinajstić information content (AvgIpc) is 2.37. The van der Waals surface area contributed by atoms with E-state index in [0.29, 0.717) is 16.7 Å². The number of hydrogen-bond acceptors (Lipinski definition) is 2. The van der Waals surface area contributed by atoms with Crippen LogP contribution in [0.5, 0.6) is 5.75 Å². The Morgan fingerprint density at radius 3 is 2.53 bits per heavy atom. The fraction of sp³-hybridized carbons (Fsp3) is 0.500. The van der Waals surface area contributed by atoms with Crippen LogP contribution in [0.4, 0.5) is 0 Å². The molecule has 1 rings (SSSR count). The zero-order valence-corrected chi connectivity index (χ0v) is 13.5. The molecular weight excluding hydrogens is 330 g/mol. The van der Waals surface area contributed by atoms with Crippen molar-refractivity contribution < 1.29 is 9.53 Å². The Balaban J connectivity index is 2.40. The molecule has 0 aliphatic rings. The maximum atomic E-state index is 11.8.